The van der Waals surface area contributed by atoms with Gasteiger partial charge in [-0.2, -0.15) is 0 Å². The van der Waals surface area contributed by atoms with Crippen molar-refractivity contribution >= 4 is 0 Å². The summed E-state index contributed by atoms with van der Waals surface area (Å²) in [6.45, 7) is 7.26. The fourth-order valence-electron chi connectivity index (χ4n) is 0.884. The van der Waals surface area contributed by atoms with Gasteiger partial charge in [0, 0.05) is 12.8 Å². The van der Waals surface area contributed by atoms with Gasteiger partial charge in [0.15, 0.2) is 0 Å². The standard InChI is InChI=1S/C10H16O2/c1-5-7-9(11-3)10(12-4)8-6-2/h5-6H,1-2,7-8H2,3-4H3/b10-9+. The summed E-state index contributed by atoms with van der Waals surface area (Å²) < 4.78 is 10.3. The van der Waals surface area contributed by atoms with Gasteiger partial charge in [0.2, 0.25) is 0 Å². The molecule has 0 aliphatic heterocycles. The second-order valence-electron chi connectivity index (χ2n) is 2.24. The molecule has 2 nitrogen and oxygen atoms in total. The number of allylic oxidation sites excluding steroid dienone is 2. The molecule has 0 saturated carbocycles. The molecule has 0 atom stereocenters. The van der Waals surface area contributed by atoms with Crippen LogP contribution >= 0.6 is 0 Å². The summed E-state index contributed by atoms with van der Waals surface area (Å²) in [6.07, 6.45) is 4.93. The predicted octanol–water partition coefficient (Wildman–Crippen LogP) is 2.64. The highest BCUT2D eigenvalue weighted by Crippen LogP contribution is 2.14. The van der Waals surface area contributed by atoms with Gasteiger partial charge in [-0.15, -0.1) is 13.2 Å². The molecule has 0 heterocycles. The Kier molecular flexibility index (Phi) is 5.88. The molecule has 68 valence electrons. The molecule has 0 aliphatic carbocycles. The minimum atomic E-state index is 0.688. The smallest absolute Gasteiger partial charge is 0.137 e. The van der Waals surface area contributed by atoms with Gasteiger partial charge in [-0.3, -0.25) is 0 Å². The first kappa shape index (κ1) is 10.8. The van der Waals surface area contributed by atoms with Crippen LogP contribution in [0.4, 0.5) is 0 Å². The van der Waals surface area contributed by atoms with E-state index in [1.54, 1.807) is 26.4 Å². The molecular formula is C10H16O2. The normalized spacial score (nSPS) is 11.5. The zero-order valence-corrected chi connectivity index (χ0v) is 7.80. The van der Waals surface area contributed by atoms with E-state index in [2.05, 4.69) is 13.2 Å². The molecule has 0 unspecified atom stereocenters. The lowest BCUT2D eigenvalue weighted by atomic mass is 10.2. The van der Waals surface area contributed by atoms with Crippen LogP contribution in [0.2, 0.25) is 0 Å². The van der Waals surface area contributed by atoms with Crippen LogP contribution in [0.5, 0.6) is 0 Å². The highest BCUT2D eigenvalue weighted by Gasteiger charge is 2.03. The third-order valence-corrected chi connectivity index (χ3v) is 1.46. The van der Waals surface area contributed by atoms with Crippen LogP contribution in [0.1, 0.15) is 12.8 Å². The van der Waals surface area contributed by atoms with Crippen molar-refractivity contribution in [2.75, 3.05) is 14.2 Å². The highest BCUT2D eigenvalue weighted by atomic mass is 16.5. The van der Waals surface area contributed by atoms with E-state index in [1.165, 1.54) is 0 Å². The van der Waals surface area contributed by atoms with Crippen molar-refractivity contribution in [2.45, 2.75) is 12.8 Å². The van der Waals surface area contributed by atoms with Gasteiger partial charge in [0.1, 0.15) is 11.5 Å². The van der Waals surface area contributed by atoms with Crippen molar-refractivity contribution in [1.29, 1.82) is 0 Å². The maximum atomic E-state index is 5.13. The first-order valence-corrected chi connectivity index (χ1v) is 3.81. The average Bonchev–Trinajstić information content (AvgIpc) is 2.11. The molecule has 0 aromatic heterocycles. The van der Waals surface area contributed by atoms with Crippen molar-refractivity contribution < 1.29 is 9.47 Å². The van der Waals surface area contributed by atoms with Crippen LogP contribution in [-0.2, 0) is 9.47 Å². The number of hydrogen-bond acceptors (Lipinski definition) is 2. The molecule has 0 aromatic carbocycles. The van der Waals surface area contributed by atoms with Gasteiger partial charge in [-0.05, 0) is 0 Å². The van der Waals surface area contributed by atoms with E-state index < -0.39 is 0 Å². The summed E-state index contributed by atoms with van der Waals surface area (Å²) in [5.74, 6) is 1.62. The third kappa shape index (κ3) is 3.28. The molecule has 0 amide bonds. The van der Waals surface area contributed by atoms with E-state index in [0.717, 1.165) is 11.5 Å². The Balaban J connectivity index is 4.46. The van der Waals surface area contributed by atoms with Crippen molar-refractivity contribution in [3.05, 3.63) is 36.8 Å². The second-order valence-corrected chi connectivity index (χ2v) is 2.24. The van der Waals surface area contributed by atoms with Crippen LogP contribution < -0.4 is 0 Å². The number of hydrogen-bond donors (Lipinski definition) is 0. The van der Waals surface area contributed by atoms with Gasteiger partial charge in [-0.25, -0.2) is 0 Å². The van der Waals surface area contributed by atoms with Crippen LogP contribution in [0.15, 0.2) is 36.8 Å². The number of rotatable bonds is 6. The number of methoxy groups -OCH3 is 2. The van der Waals surface area contributed by atoms with Gasteiger partial charge >= 0.3 is 0 Å². The largest absolute Gasteiger partial charge is 0.497 e. The van der Waals surface area contributed by atoms with E-state index >= 15 is 0 Å². The van der Waals surface area contributed by atoms with Gasteiger partial charge in [-0.1, -0.05) is 12.2 Å². The van der Waals surface area contributed by atoms with Crippen LogP contribution in [0, 0.1) is 0 Å². The fraction of sp³-hybridized carbons (Fsp3) is 0.400. The summed E-state index contributed by atoms with van der Waals surface area (Å²) in [7, 11) is 3.25. The molecular weight excluding hydrogens is 152 g/mol. The van der Waals surface area contributed by atoms with Gasteiger partial charge in [0.25, 0.3) is 0 Å². The topological polar surface area (TPSA) is 18.5 Å². The van der Waals surface area contributed by atoms with Crippen LogP contribution in [0.25, 0.3) is 0 Å². The van der Waals surface area contributed by atoms with E-state index in [-0.39, 0.29) is 0 Å². The van der Waals surface area contributed by atoms with E-state index in [4.69, 9.17) is 9.47 Å². The van der Waals surface area contributed by atoms with Crippen molar-refractivity contribution in [2.24, 2.45) is 0 Å². The molecule has 0 bridgehead atoms. The minimum absolute atomic E-state index is 0.688. The predicted molar refractivity (Wildman–Crippen MR) is 50.7 cm³/mol. The maximum Gasteiger partial charge on any atom is 0.137 e. The SMILES string of the molecule is C=CC/C(OC)=C(/CC=C)OC. The molecule has 0 spiro atoms. The lowest BCUT2D eigenvalue weighted by Crippen LogP contribution is -1.95. The van der Waals surface area contributed by atoms with Crippen molar-refractivity contribution in [3.8, 4) is 0 Å². The lowest BCUT2D eigenvalue weighted by Gasteiger charge is -2.09. The van der Waals surface area contributed by atoms with Crippen molar-refractivity contribution in [1.82, 2.24) is 0 Å². The molecule has 0 aromatic rings. The number of ether oxygens (including phenoxy) is 2. The first-order valence-electron chi connectivity index (χ1n) is 3.81. The van der Waals surface area contributed by atoms with Gasteiger partial charge in [0.05, 0.1) is 14.2 Å². The first-order chi connectivity index (χ1) is 5.79. The maximum absolute atomic E-state index is 5.13. The Labute approximate surface area is 74.2 Å². The molecule has 0 rings (SSSR count). The molecule has 0 radical (unpaired) electrons. The second kappa shape index (κ2) is 6.53. The molecule has 0 N–H and O–H groups in total. The minimum Gasteiger partial charge on any atom is -0.497 e. The molecule has 0 fully saturated rings. The molecule has 12 heavy (non-hydrogen) atoms. The summed E-state index contributed by atoms with van der Waals surface area (Å²) in [6, 6.07) is 0. The Bertz CT molecular complexity index is 160. The van der Waals surface area contributed by atoms with Crippen LogP contribution in [0.3, 0.4) is 0 Å². The molecule has 0 aliphatic rings. The van der Waals surface area contributed by atoms with E-state index in [1.807, 2.05) is 0 Å². The monoisotopic (exact) mass is 168 g/mol. The van der Waals surface area contributed by atoms with E-state index in [9.17, 15) is 0 Å². The average molecular weight is 168 g/mol. The summed E-state index contributed by atoms with van der Waals surface area (Å²) in [4.78, 5) is 0. The Hall–Kier alpha value is -1.18. The van der Waals surface area contributed by atoms with E-state index in [0.29, 0.717) is 12.8 Å². The summed E-state index contributed by atoms with van der Waals surface area (Å²) in [5.41, 5.74) is 0. The zero-order chi connectivity index (χ0) is 9.40. The Morgan fingerprint density at radius 2 is 1.33 bits per heavy atom. The Morgan fingerprint density at radius 3 is 1.50 bits per heavy atom. The lowest BCUT2D eigenvalue weighted by molar-refractivity contribution is 0.213. The van der Waals surface area contributed by atoms with Crippen molar-refractivity contribution in [3.63, 3.8) is 0 Å². The third-order valence-electron chi connectivity index (χ3n) is 1.46. The Morgan fingerprint density at radius 1 is 1.00 bits per heavy atom. The van der Waals surface area contributed by atoms with Crippen LogP contribution in [-0.4, -0.2) is 14.2 Å². The molecule has 0 saturated heterocycles. The highest BCUT2D eigenvalue weighted by molar-refractivity contribution is 5.08. The molecule has 2 heteroatoms. The summed E-state index contributed by atoms with van der Waals surface area (Å²) in [5, 5.41) is 0. The fourth-order valence-corrected chi connectivity index (χ4v) is 0.884. The zero-order valence-electron chi connectivity index (χ0n) is 7.80. The summed E-state index contributed by atoms with van der Waals surface area (Å²) >= 11 is 0. The van der Waals surface area contributed by atoms with Gasteiger partial charge < -0.3 is 9.47 Å². The quantitative estimate of drug-likeness (QED) is 0.448.